The lowest BCUT2D eigenvalue weighted by molar-refractivity contribution is 0.202. The molecule has 0 atom stereocenters. The third kappa shape index (κ3) is 3.77. The second-order valence-electron chi connectivity index (χ2n) is 5.83. The summed E-state index contributed by atoms with van der Waals surface area (Å²) in [7, 11) is 2.19. The van der Waals surface area contributed by atoms with Gasteiger partial charge < -0.3 is 15.2 Å². The van der Waals surface area contributed by atoms with Gasteiger partial charge in [0.15, 0.2) is 0 Å². The zero-order chi connectivity index (χ0) is 14.7. The molecule has 4 nitrogen and oxygen atoms in total. The third-order valence-electron chi connectivity index (χ3n) is 4.18. The maximum Gasteiger partial charge on any atom is 0.0472 e. The summed E-state index contributed by atoms with van der Waals surface area (Å²) in [4.78, 5) is 8.23. The van der Waals surface area contributed by atoms with Crippen LogP contribution in [0.15, 0.2) is 24.4 Å². The van der Waals surface area contributed by atoms with E-state index in [1.165, 1.54) is 24.0 Å². The summed E-state index contributed by atoms with van der Waals surface area (Å²) in [5.41, 5.74) is 2.46. The summed E-state index contributed by atoms with van der Waals surface area (Å²) >= 11 is 6.03. The van der Waals surface area contributed by atoms with Crippen molar-refractivity contribution in [1.82, 2.24) is 20.1 Å². The van der Waals surface area contributed by atoms with Gasteiger partial charge in [-0.2, -0.15) is 0 Å². The Morgan fingerprint density at radius 3 is 2.90 bits per heavy atom. The molecule has 5 heteroatoms. The number of nitrogens with one attached hydrogen (secondary N) is 2. The number of hydrogen-bond acceptors (Lipinski definition) is 3. The Bertz CT molecular complexity index is 589. The molecule has 0 radical (unpaired) electrons. The molecule has 0 saturated carbocycles. The predicted molar refractivity (Wildman–Crippen MR) is 89.0 cm³/mol. The molecular weight excluding hydrogens is 284 g/mol. The fourth-order valence-electron chi connectivity index (χ4n) is 2.91. The van der Waals surface area contributed by atoms with Gasteiger partial charge >= 0.3 is 0 Å². The number of benzene rings is 1. The number of rotatable bonds is 5. The number of piperazine rings is 1. The normalized spacial score (nSPS) is 16.9. The Hall–Kier alpha value is -1.07. The van der Waals surface area contributed by atoms with E-state index in [2.05, 4.69) is 39.4 Å². The highest BCUT2D eigenvalue weighted by Gasteiger charge is 2.11. The van der Waals surface area contributed by atoms with Crippen LogP contribution in [0.1, 0.15) is 5.56 Å². The minimum Gasteiger partial charge on any atom is -0.361 e. The molecule has 1 fully saturated rings. The average Bonchev–Trinajstić information content (AvgIpc) is 2.88. The third-order valence-corrected chi connectivity index (χ3v) is 4.41. The van der Waals surface area contributed by atoms with Crippen molar-refractivity contribution < 1.29 is 0 Å². The molecule has 114 valence electrons. The molecule has 3 rings (SSSR count). The first-order valence-corrected chi connectivity index (χ1v) is 7.97. The minimum atomic E-state index is 0.781. The fraction of sp³-hybridized carbons (Fsp3) is 0.500. The van der Waals surface area contributed by atoms with Gasteiger partial charge in [-0.3, -0.25) is 4.90 Å². The van der Waals surface area contributed by atoms with E-state index in [9.17, 15) is 0 Å². The van der Waals surface area contributed by atoms with Gasteiger partial charge in [0.1, 0.15) is 0 Å². The predicted octanol–water partition coefficient (Wildman–Crippen LogP) is 2.16. The van der Waals surface area contributed by atoms with Crippen LogP contribution in [0.5, 0.6) is 0 Å². The summed E-state index contributed by atoms with van der Waals surface area (Å²) in [5.74, 6) is 0. The zero-order valence-electron chi connectivity index (χ0n) is 12.5. The Morgan fingerprint density at radius 1 is 1.29 bits per heavy atom. The summed E-state index contributed by atoms with van der Waals surface area (Å²) in [6.45, 7) is 7.78. The van der Waals surface area contributed by atoms with E-state index in [1.54, 1.807) is 0 Å². The lowest BCUT2D eigenvalue weighted by atomic mass is 10.1. The fourth-order valence-corrected chi connectivity index (χ4v) is 3.08. The van der Waals surface area contributed by atoms with Crippen molar-refractivity contribution in [3.63, 3.8) is 0 Å². The highest BCUT2D eigenvalue weighted by atomic mass is 35.5. The van der Waals surface area contributed by atoms with E-state index in [1.807, 2.05) is 12.1 Å². The molecule has 0 unspecified atom stereocenters. The van der Waals surface area contributed by atoms with Crippen molar-refractivity contribution in [2.75, 3.05) is 46.3 Å². The Balaban J connectivity index is 1.56. The quantitative estimate of drug-likeness (QED) is 0.888. The van der Waals surface area contributed by atoms with Crippen LogP contribution in [0.25, 0.3) is 10.9 Å². The highest BCUT2D eigenvalue weighted by molar-refractivity contribution is 6.31. The maximum atomic E-state index is 6.03. The van der Waals surface area contributed by atoms with Crippen molar-refractivity contribution in [3.8, 4) is 0 Å². The number of nitrogens with zero attached hydrogens (tertiary/aromatic N) is 2. The number of aromatic nitrogens is 1. The molecule has 1 aliphatic rings. The number of hydrogen-bond donors (Lipinski definition) is 2. The molecule has 0 aliphatic carbocycles. The molecule has 21 heavy (non-hydrogen) atoms. The maximum absolute atomic E-state index is 6.03. The smallest absolute Gasteiger partial charge is 0.0472 e. The van der Waals surface area contributed by atoms with E-state index >= 15 is 0 Å². The van der Waals surface area contributed by atoms with Gasteiger partial charge in [-0.05, 0) is 24.7 Å². The second-order valence-corrected chi connectivity index (χ2v) is 6.27. The van der Waals surface area contributed by atoms with Gasteiger partial charge in [0.05, 0.1) is 0 Å². The van der Waals surface area contributed by atoms with E-state index in [-0.39, 0.29) is 0 Å². The van der Waals surface area contributed by atoms with Crippen LogP contribution >= 0.6 is 11.6 Å². The van der Waals surface area contributed by atoms with E-state index < -0.39 is 0 Å². The molecule has 2 heterocycles. The van der Waals surface area contributed by atoms with Crippen molar-refractivity contribution in [2.45, 2.75) is 6.54 Å². The van der Waals surface area contributed by atoms with Crippen LogP contribution in [0, 0.1) is 0 Å². The highest BCUT2D eigenvalue weighted by Crippen LogP contribution is 2.22. The Kier molecular flexibility index (Phi) is 4.80. The largest absolute Gasteiger partial charge is 0.361 e. The number of H-pyrrole nitrogens is 1. The first-order chi connectivity index (χ1) is 10.2. The Morgan fingerprint density at radius 2 is 2.10 bits per heavy atom. The molecule has 2 aromatic rings. The summed E-state index contributed by atoms with van der Waals surface area (Å²) in [5, 5.41) is 5.45. The van der Waals surface area contributed by atoms with Crippen LogP contribution in [0.3, 0.4) is 0 Å². The number of halogens is 1. The first-order valence-electron chi connectivity index (χ1n) is 7.59. The SMILES string of the molecule is CN(CCN1CCNCC1)Cc1c[nH]c2cc(Cl)ccc12. The molecule has 1 aromatic carbocycles. The van der Waals surface area contributed by atoms with E-state index in [0.29, 0.717) is 0 Å². The minimum absolute atomic E-state index is 0.781. The van der Waals surface area contributed by atoms with E-state index in [4.69, 9.17) is 11.6 Å². The van der Waals surface area contributed by atoms with Crippen LogP contribution in [-0.2, 0) is 6.54 Å². The molecular formula is C16H23ClN4. The zero-order valence-corrected chi connectivity index (χ0v) is 13.3. The standard InChI is InChI=1S/C16H23ClN4/c1-20(8-9-21-6-4-18-5-7-21)12-13-11-19-16-10-14(17)2-3-15(13)16/h2-3,10-11,18-19H,4-9,12H2,1H3. The number of aromatic amines is 1. The van der Waals surface area contributed by atoms with Crippen molar-refractivity contribution >= 4 is 22.5 Å². The molecule has 1 aliphatic heterocycles. The molecule has 0 bridgehead atoms. The van der Waals surface area contributed by atoms with Crippen LogP contribution in [-0.4, -0.2) is 61.1 Å². The van der Waals surface area contributed by atoms with Crippen molar-refractivity contribution in [3.05, 3.63) is 35.0 Å². The lowest BCUT2D eigenvalue weighted by Crippen LogP contribution is -2.45. The van der Waals surface area contributed by atoms with E-state index in [0.717, 1.165) is 43.3 Å². The van der Waals surface area contributed by atoms with Crippen molar-refractivity contribution in [2.24, 2.45) is 0 Å². The van der Waals surface area contributed by atoms with Gasteiger partial charge in [-0.1, -0.05) is 17.7 Å². The molecule has 0 spiro atoms. The number of likely N-dealkylation sites (N-methyl/N-ethyl adjacent to an activating group) is 1. The van der Waals surface area contributed by atoms with Crippen molar-refractivity contribution in [1.29, 1.82) is 0 Å². The molecule has 0 amide bonds. The monoisotopic (exact) mass is 306 g/mol. The second kappa shape index (κ2) is 6.79. The van der Waals surface area contributed by atoms with Crippen LogP contribution < -0.4 is 5.32 Å². The van der Waals surface area contributed by atoms with Gasteiger partial charge in [0.25, 0.3) is 0 Å². The van der Waals surface area contributed by atoms with Gasteiger partial charge in [0.2, 0.25) is 0 Å². The number of fused-ring (bicyclic) bond motifs is 1. The Labute approximate surface area is 131 Å². The molecule has 1 saturated heterocycles. The van der Waals surface area contributed by atoms with Crippen LogP contribution in [0.2, 0.25) is 5.02 Å². The lowest BCUT2D eigenvalue weighted by Gasteiger charge is -2.29. The summed E-state index contributed by atoms with van der Waals surface area (Å²) < 4.78 is 0. The van der Waals surface area contributed by atoms with Gasteiger partial charge in [0, 0.05) is 67.9 Å². The summed E-state index contributed by atoms with van der Waals surface area (Å²) in [6.07, 6.45) is 2.10. The topological polar surface area (TPSA) is 34.3 Å². The first kappa shape index (κ1) is 14.9. The molecule has 1 aromatic heterocycles. The summed E-state index contributed by atoms with van der Waals surface area (Å²) in [6, 6.07) is 6.05. The van der Waals surface area contributed by atoms with Crippen LogP contribution in [0.4, 0.5) is 0 Å². The average molecular weight is 307 g/mol. The molecule has 2 N–H and O–H groups in total. The van der Waals surface area contributed by atoms with Gasteiger partial charge in [-0.15, -0.1) is 0 Å². The van der Waals surface area contributed by atoms with Gasteiger partial charge in [-0.25, -0.2) is 0 Å².